The highest BCUT2D eigenvalue weighted by Crippen LogP contribution is 2.38. The molecule has 2 unspecified atom stereocenters. The Morgan fingerprint density at radius 2 is 1.96 bits per heavy atom. The van der Waals surface area contributed by atoms with Crippen LogP contribution in [0, 0.1) is 11.7 Å². The molecular weight excluding hydrogens is 305 g/mol. The summed E-state index contributed by atoms with van der Waals surface area (Å²) in [5.74, 6) is 0.739. The van der Waals surface area contributed by atoms with Crippen molar-refractivity contribution in [2.45, 2.75) is 57.5 Å². The van der Waals surface area contributed by atoms with Crippen LogP contribution in [0.2, 0.25) is 0 Å². The molecule has 3 nitrogen and oxygen atoms in total. The second kappa shape index (κ2) is 8.11. The minimum atomic E-state index is -0.213. The monoisotopic (exact) mass is 333 g/mol. The Bertz CT molecular complexity index is 539. The van der Waals surface area contributed by atoms with Gasteiger partial charge in [-0.05, 0) is 49.3 Å². The molecule has 4 heteroatoms. The molecule has 1 aromatic carbocycles. The molecule has 2 aliphatic rings. The van der Waals surface area contributed by atoms with Crippen molar-refractivity contribution in [1.82, 2.24) is 4.90 Å². The van der Waals surface area contributed by atoms with E-state index in [0.717, 1.165) is 5.56 Å². The van der Waals surface area contributed by atoms with E-state index >= 15 is 0 Å². The van der Waals surface area contributed by atoms with Gasteiger partial charge in [-0.1, -0.05) is 31.4 Å². The van der Waals surface area contributed by atoms with Crippen molar-refractivity contribution in [2.75, 3.05) is 19.7 Å². The molecule has 2 atom stereocenters. The second-order valence-electron chi connectivity index (χ2n) is 7.28. The van der Waals surface area contributed by atoms with Gasteiger partial charge in [-0.3, -0.25) is 4.79 Å². The van der Waals surface area contributed by atoms with Crippen molar-refractivity contribution in [3.8, 4) is 0 Å². The molecular formula is C20H28FNO2. The van der Waals surface area contributed by atoms with Gasteiger partial charge in [-0.2, -0.15) is 0 Å². The number of rotatable bonds is 4. The van der Waals surface area contributed by atoms with Crippen LogP contribution < -0.4 is 0 Å². The van der Waals surface area contributed by atoms with Crippen LogP contribution in [-0.4, -0.2) is 36.6 Å². The minimum absolute atomic E-state index is 0.113. The molecule has 0 N–H and O–H groups in total. The highest BCUT2D eigenvalue weighted by molar-refractivity contribution is 5.77. The summed E-state index contributed by atoms with van der Waals surface area (Å²) in [5.41, 5.74) is 1.11. The fraction of sp³-hybridized carbons (Fsp3) is 0.650. The van der Waals surface area contributed by atoms with Crippen LogP contribution in [0.4, 0.5) is 4.39 Å². The van der Waals surface area contributed by atoms with Crippen molar-refractivity contribution in [2.24, 2.45) is 5.92 Å². The van der Waals surface area contributed by atoms with E-state index in [1.165, 1.54) is 44.2 Å². The largest absolute Gasteiger partial charge is 0.375 e. The maximum absolute atomic E-state index is 13.3. The number of nitrogens with zero attached hydrogens (tertiary/aromatic N) is 1. The minimum Gasteiger partial charge on any atom is -0.375 e. The van der Waals surface area contributed by atoms with Gasteiger partial charge >= 0.3 is 0 Å². The highest BCUT2D eigenvalue weighted by Gasteiger charge is 2.30. The predicted molar refractivity (Wildman–Crippen MR) is 92.3 cm³/mol. The third-order valence-corrected chi connectivity index (χ3v) is 5.51. The zero-order valence-corrected chi connectivity index (χ0v) is 14.5. The van der Waals surface area contributed by atoms with E-state index in [-0.39, 0.29) is 23.7 Å². The molecule has 2 fully saturated rings. The molecule has 0 spiro atoms. The fourth-order valence-corrected chi connectivity index (χ4v) is 4.17. The van der Waals surface area contributed by atoms with Gasteiger partial charge < -0.3 is 9.64 Å². The van der Waals surface area contributed by atoms with Gasteiger partial charge in [0, 0.05) is 19.5 Å². The van der Waals surface area contributed by atoms with Crippen LogP contribution in [0.5, 0.6) is 0 Å². The number of benzene rings is 1. The Morgan fingerprint density at radius 1 is 1.25 bits per heavy atom. The van der Waals surface area contributed by atoms with Crippen molar-refractivity contribution in [1.29, 1.82) is 0 Å². The molecule has 1 aliphatic heterocycles. The van der Waals surface area contributed by atoms with Gasteiger partial charge in [-0.25, -0.2) is 4.39 Å². The van der Waals surface area contributed by atoms with Gasteiger partial charge in [0.05, 0.1) is 12.7 Å². The lowest BCUT2D eigenvalue weighted by Crippen LogP contribution is -2.45. The summed E-state index contributed by atoms with van der Waals surface area (Å²) in [5, 5.41) is 0. The number of carbonyl (C=O) groups excluding carboxylic acids is 1. The van der Waals surface area contributed by atoms with Gasteiger partial charge in [0.1, 0.15) is 5.82 Å². The number of amides is 1. The maximum atomic E-state index is 13.3. The number of hydrogen-bond donors (Lipinski definition) is 0. The first kappa shape index (κ1) is 17.4. The van der Waals surface area contributed by atoms with Gasteiger partial charge in [-0.15, -0.1) is 0 Å². The highest BCUT2D eigenvalue weighted by atomic mass is 19.1. The molecule has 24 heavy (non-hydrogen) atoms. The fourth-order valence-electron chi connectivity index (χ4n) is 4.17. The van der Waals surface area contributed by atoms with Crippen molar-refractivity contribution < 1.29 is 13.9 Å². The van der Waals surface area contributed by atoms with E-state index < -0.39 is 0 Å². The summed E-state index contributed by atoms with van der Waals surface area (Å²) in [6.45, 7) is 4.00. The van der Waals surface area contributed by atoms with Crippen LogP contribution in [0.3, 0.4) is 0 Å². The topological polar surface area (TPSA) is 29.5 Å². The molecule has 132 valence electrons. The maximum Gasteiger partial charge on any atom is 0.223 e. The number of halogens is 1. The zero-order chi connectivity index (χ0) is 16.9. The first-order chi connectivity index (χ1) is 11.6. The molecule has 1 aromatic rings. The summed E-state index contributed by atoms with van der Waals surface area (Å²) in [6.07, 6.45) is 6.77. The summed E-state index contributed by atoms with van der Waals surface area (Å²) in [6, 6.07) is 6.77. The average molecular weight is 333 g/mol. The normalized spacial score (nSPS) is 23.9. The number of ether oxygens (including phenoxy) is 1. The Hall–Kier alpha value is -1.42. The summed E-state index contributed by atoms with van der Waals surface area (Å²) in [4.78, 5) is 14.8. The summed E-state index contributed by atoms with van der Waals surface area (Å²) < 4.78 is 18.8. The Morgan fingerprint density at radius 3 is 2.62 bits per heavy atom. The van der Waals surface area contributed by atoms with E-state index in [2.05, 4.69) is 0 Å². The van der Waals surface area contributed by atoms with Crippen LogP contribution in [0.1, 0.15) is 56.9 Å². The zero-order valence-electron chi connectivity index (χ0n) is 14.5. The lowest BCUT2D eigenvalue weighted by molar-refractivity contribution is -0.138. The van der Waals surface area contributed by atoms with E-state index in [1.807, 2.05) is 24.0 Å². The summed E-state index contributed by atoms with van der Waals surface area (Å²) >= 11 is 0. The Labute approximate surface area is 144 Å². The summed E-state index contributed by atoms with van der Waals surface area (Å²) in [7, 11) is 0. The van der Waals surface area contributed by atoms with Gasteiger partial charge in [0.15, 0.2) is 0 Å². The number of carbonyl (C=O) groups is 1. The van der Waals surface area contributed by atoms with E-state index in [4.69, 9.17) is 4.74 Å². The van der Waals surface area contributed by atoms with Crippen LogP contribution >= 0.6 is 0 Å². The van der Waals surface area contributed by atoms with Crippen LogP contribution in [0.25, 0.3) is 0 Å². The molecule has 0 bridgehead atoms. The lowest BCUT2D eigenvalue weighted by Gasteiger charge is -2.35. The number of morpholine rings is 1. The molecule has 1 saturated carbocycles. The molecule has 0 radical (unpaired) electrons. The van der Waals surface area contributed by atoms with Crippen molar-refractivity contribution >= 4 is 5.91 Å². The third-order valence-electron chi connectivity index (χ3n) is 5.51. The first-order valence-corrected chi connectivity index (χ1v) is 9.28. The van der Waals surface area contributed by atoms with Gasteiger partial charge in [0.25, 0.3) is 0 Å². The smallest absolute Gasteiger partial charge is 0.223 e. The molecule has 1 heterocycles. The van der Waals surface area contributed by atoms with E-state index in [9.17, 15) is 9.18 Å². The Balaban J connectivity index is 1.73. The molecule has 1 saturated heterocycles. The standard InChI is InChI=1S/C20H28FNO2/c1-15-14-22(11-12-24-15)20(23)13-19(16-5-3-2-4-6-16)17-7-9-18(21)10-8-17/h7-10,15-16,19H,2-6,11-14H2,1H3. The molecule has 1 amide bonds. The van der Waals surface area contributed by atoms with Gasteiger partial charge in [0.2, 0.25) is 5.91 Å². The second-order valence-corrected chi connectivity index (χ2v) is 7.28. The predicted octanol–water partition coefficient (Wildman–Crippen LogP) is 4.13. The lowest BCUT2D eigenvalue weighted by atomic mass is 9.75. The number of hydrogen-bond acceptors (Lipinski definition) is 2. The van der Waals surface area contributed by atoms with Crippen molar-refractivity contribution in [3.63, 3.8) is 0 Å². The van der Waals surface area contributed by atoms with E-state index in [0.29, 0.717) is 32.0 Å². The van der Waals surface area contributed by atoms with Crippen molar-refractivity contribution in [3.05, 3.63) is 35.6 Å². The average Bonchev–Trinajstić information content (AvgIpc) is 2.61. The SMILES string of the molecule is CC1CN(C(=O)CC(c2ccc(F)cc2)C2CCCCC2)CCO1. The first-order valence-electron chi connectivity index (χ1n) is 9.28. The van der Waals surface area contributed by atoms with Crippen LogP contribution in [-0.2, 0) is 9.53 Å². The molecule has 1 aliphatic carbocycles. The third kappa shape index (κ3) is 4.35. The molecule has 0 aromatic heterocycles. The van der Waals surface area contributed by atoms with E-state index in [1.54, 1.807) is 0 Å². The molecule has 3 rings (SSSR count). The quantitative estimate of drug-likeness (QED) is 0.829. The Kier molecular flexibility index (Phi) is 5.88. The van der Waals surface area contributed by atoms with Crippen LogP contribution in [0.15, 0.2) is 24.3 Å².